The van der Waals surface area contributed by atoms with Gasteiger partial charge >= 0.3 is 0 Å². The van der Waals surface area contributed by atoms with Crippen LogP contribution in [-0.2, 0) is 9.59 Å². The van der Waals surface area contributed by atoms with E-state index < -0.39 is 0 Å². The number of amides is 2. The Balaban J connectivity index is 3.35. The standard InChI is InChI=1S/C18H37N3O2/c1-4-5-6-7-8-9-10-11-14-19-17(22)12-13-18(23)20-15-16-21(2)3/h4-16H2,1-3H3,(H,19,22)(H,20,23). The van der Waals surface area contributed by atoms with E-state index in [-0.39, 0.29) is 24.7 Å². The van der Waals surface area contributed by atoms with Gasteiger partial charge in [0.25, 0.3) is 0 Å². The largest absolute Gasteiger partial charge is 0.356 e. The predicted molar refractivity (Wildman–Crippen MR) is 96.4 cm³/mol. The van der Waals surface area contributed by atoms with E-state index >= 15 is 0 Å². The lowest BCUT2D eigenvalue weighted by Gasteiger charge is -2.10. The minimum absolute atomic E-state index is 0.0179. The summed E-state index contributed by atoms with van der Waals surface area (Å²) in [6, 6.07) is 0. The van der Waals surface area contributed by atoms with Crippen molar-refractivity contribution in [1.29, 1.82) is 0 Å². The highest BCUT2D eigenvalue weighted by molar-refractivity contribution is 5.83. The first-order chi connectivity index (χ1) is 11.1. The van der Waals surface area contributed by atoms with Crippen LogP contribution in [0.4, 0.5) is 0 Å². The maximum atomic E-state index is 11.6. The molecule has 0 radical (unpaired) electrons. The molecule has 0 unspecified atom stereocenters. The smallest absolute Gasteiger partial charge is 0.220 e. The fourth-order valence-electron chi connectivity index (χ4n) is 2.31. The summed E-state index contributed by atoms with van der Waals surface area (Å²) in [6.07, 6.45) is 10.7. The number of nitrogens with zero attached hydrogens (tertiary/aromatic N) is 1. The molecule has 0 heterocycles. The van der Waals surface area contributed by atoms with Gasteiger partial charge in [-0.25, -0.2) is 0 Å². The van der Waals surface area contributed by atoms with Crippen LogP contribution in [0.25, 0.3) is 0 Å². The number of hydrogen-bond donors (Lipinski definition) is 2. The van der Waals surface area contributed by atoms with Crippen LogP contribution in [-0.4, -0.2) is 50.4 Å². The van der Waals surface area contributed by atoms with Gasteiger partial charge < -0.3 is 15.5 Å². The highest BCUT2D eigenvalue weighted by atomic mass is 16.2. The minimum Gasteiger partial charge on any atom is -0.356 e. The average molecular weight is 328 g/mol. The third-order valence-corrected chi connectivity index (χ3v) is 3.81. The monoisotopic (exact) mass is 327 g/mol. The Hall–Kier alpha value is -1.10. The molecule has 0 fully saturated rings. The molecule has 0 aromatic heterocycles. The lowest BCUT2D eigenvalue weighted by molar-refractivity contribution is -0.126. The molecule has 136 valence electrons. The summed E-state index contributed by atoms with van der Waals surface area (Å²) in [5, 5.41) is 5.71. The fraction of sp³-hybridized carbons (Fsp3) is 0.889. The second-order valence-electron chi connectivity index (χ2n) is 6.48. The third kappa shape index (κ3) is 17.1. The Labute approximate surface area is 142 Å². The zero-order valence-electron chi connectivity index (χ0n) is 15.5. The van der Waals surface area contributed by atoms with Crippen molar-refractivity contribution in [3.05, 3.63) is 0 Å². The van der Waals surface area contributed by atoms with Crippen LogP contribution in [0, 0.1) is 0 Å². The molecule has 0 aliphatic carbocycles. The normalized spacial score (nSPS) is 10.8. The summed E-state index contributed by atoms with van der Waals surface area (Å²) < 4.78 is 0. The molecular weight excluding hydrogens is 290 g/mol. The second-order valence-corrected chi connectivity index (χ2v) is 6.48. The first-order valence-corrected chi connectivity index (χ1v) is 9.24. The van der Waals surface area contributed by atoms with Crippen molar-refractivity contribution < 1.29 is 9.59 Å². The van der Waals surface area contributed by atoms with E-state index in [1.807, 2.05) is 19.0 Å². The molecule has 0 atom stereocenters. The number of likely N-dealkylation sites (N-methyl/N-ethyl adjacent to an activating group) is 1. The Morgan fingerprint density at radius 1 is 0.739 bits per heavy atom. The second kappa shape index (κ2) is 15.8. The number of rotatable bonds is 15. The molecule has 0 aromatic rings. The Morgan fingerprint density at radius 3 is 1.74 bits per heavy atom. The van der Waals surface area contributed by atoms with E-state index in [2.05, 4.69) is 17.6 Å². The van der Waals surface area contributed by atoms with Gasteiger partial charge in [-0.15, -0.1) is 0 Å². The SMILES string of the molecule is CCCCCCCCCCNC(=O)CCC(=O)NCCN(C)C. The van der Waals surface area contributed by atoms with Crippen LogP contribution in [0.2, 0.25) is 0 Å². The van der Waals surface area contributed by atoms with Crippen molar-refractivity contribution in [3.8, 4) is 0 Å². The molecule has 0 saturated carbocycles. The third-order valence-electron chi connectivity index (χ3n) is 3.81. The van der Waals surface area contributed by atoms with Gasteiger partial charge in [0.2, 0.25) is 11.8 Å². The van der Waals surface area contributed by atoms with Gasteiger partial charge in [0.15, 0.2) is 0 Å². The Bertz CT molecular complexity index is 307. The van der Waals surface area contributed by atoms with Gasteiger partial charge in [0, 0.05) is 32.5 Å². The predicted octanol–water partition coefficient (Wildman–Crippen LogP) is 2.70. The molecule has 0 aliphatic heterocycles. The molecule has 5 heteroatoms. The molecule has 5 nitrogen and oxygen atoms in total. The van der Waals surface area contributed by atoms with E-state index in [4.69, 9.17) is 0 Å². The van der Waals surface area contributed by atoms with Crippen LogP contribution in [0.1, 0.15) is 71.1 Å². The van der Waals surface area contributed by atoms with Crippen LogP contribution < -0.4 is 10.6 Å². The molecule has 0 saturated heterocycles. The molecule has 2 amide bonds. The maximum Gasteiger partial charge on any atom is 0.220 e. The van der Waals surface area contributed by atoms with Crippen LogP contribution >= 0.6 is 0 Å². The number of unbranched alkanes of at least 4 members (excludes halogenated alkanes) is 7. The van der Waals surface area contributed by atoms with E-state index in [1.54, 1.807) is 0 Å². The molecule has 0 aromatic carbocycles. The van der Waals surface area contributed by atoms with Crippen molar-refractivity contribution in [2.75, 3.05) is 33.7 Å². The number of carbonyl (C=O) groups excluding carboxylic acids is 2. The van der Waals surface area contributed by atoms with Gasteiger partial charge in [0.1, 0.15) is 0 Å². The van der Waals surface area contributed by atoms with Crippen molar-refractivity contribution in [1.82, 2.24) is 15.5 Å². The van der Waals surface area contributed by atoms with Crippen molar-refractivity contribution in [2.45, 2.75) is 71.1 Å². The molecule has 2 N–H and O–H groups in total. The topological polar surface area (TPSA) is 61.4 Å². The van der Waals surface area contributed by atoms with E-state index in [0.29, 0.717) is 6.54 Å². The quantitative estimate of drug-likeness (QED) is 0.455. The van der Waals surface area contributed by atoms with Crippen molar-refractivity contribution in [3.63, 3.8) is 0 Å². The van der Waals surface area contributed by atoms with Gasteiger partial charge in [-0.2, -0.15) is 0 Å². The summed E-state index contributed by atoms with van der Waals surface area (Å²) in [7, 11) is 3.93. The lowest BCUT2D eigenvalue weighted by atomic mass is 10.1. The summed E-state index contributed by atoms with van der Waals surface area (Å²) in [6.45, 7) is 4.41. The van der Waals surface area contributed by atoms with Gasteiger partial charge in [-0.3, -0.25) is 9.59 Å². The first kappa shape index (κ1) is 21.9. The molecule has 23 heavy (non-hydrogen) atoms. The number of carbonyl (C=O) groups is 2. The molecule has 0 aliphatic rings. The van der Waals surface area contributed by atoms with Gasteiger partial charge in [-0.1, -0.05) is 51.9 Å². The number of hydrogen-bond acceptors (Lipinski definition) is 3. The van der Waals surface area contributed by atoms with Crippen molar-refractivity contribution >= 4 is 11.8 Å². The minimum atomic E-state index is -0.0471. The summed E-state index contributed by atoms with van der Waals surface area (Å²) >= 11 is 0. The first-order valence-electron chi connectivity index (χ1n) is 9.24. The zero-order valence-corrected chi connectivity index (χ0v) is 15.5. The molecule has 0 spiro atoms. The molecular formula is C18H37N3O2. The average Bonchev–Trinajstić information content (AvgIpc) is 2.51. The zero-order chi connectivity index (χ0) is 17.3. The molecule has 0 bridgehead atoms. The summed E-state index contributed by atoms with van der Waals surface area (Å²) in [5.41, 5.74) is 0. The van der Waals surface area contributed by atoms with Crippen molar-refractivity contribution in [2.24, 2.45) is 0 Å². The highest BCUT2D eigenvalue weighted by Gasteiger charge is 2.06. The summed E-state index contributed by atoms with van der Waals surface area (Å²) in [5.74, 6) is -0.0650. The highest BCUT2D eigenvalue weighted by Crippen LogP contribution is 2.07. The molecule has 0 rings (SSSR count). The summed E-state index contributed by atoms with van der Waals surface area (Å²) in [4.78, 5) is 25.2. The van der Waals surface area contributed by atoms with Crippen LogP contribution in [0.3, 0.4) is 0 Å². The van der Waals surface area contributed by atoms with Crippen LogP contribution in [0.15, 0.2) is 0 Å². The van der Waals surface area contributed by atoms with E-state index in [0.717, 1.165) is 19.5 Å². The van der Waals surface area contributed by atoms with E-state index in [9.17, 15) is 9.59 Å². The van der Waals surface area contributed by atoms with Crippen LogP contribution in [0.5, 0.6) is 0 Å². The maximum absolute atomic E-state index is 11.6. The fourth-order valence-corrected chi connectivity index (χ4v) is 2.31. The Kier molecular flexibility index (Phi) is 15.0. The Morgan fingerprint density at radius 2 is 1.22 bits per heavy atom. The lowest BCUT2D eigenvalue weighted by Crippen LogP contribution is -2.32. The van der Waals surface area contributed by atoms with Gasteiger partial charge in [0.05, 0.1) is 0 Å². The number of nitrogens with one attached hydrogen (secondary N) is 2. The van der Waals surface area contributed by atoms with Gasteiger partial charge in [-0.05, 0) is 20.5 Å². The van der Waals surface area contributed by atoms with E-state index in [1.165, 1.54) is 44.9 Å².